The van der Waals surface area contributed by atoms with Gasteiger partial charge in [0.2, 0.25) is 0 Å². The summed E-state index contributed by atoms with van der Waals surface area (Å²) in [6, 6.07) is 0. The number of hydrogen-bond acceptors (Lipinski definition) is 3. The van der Waals surface area contributed by atoms with Crippen molar-refractivity contribution in [2.24, 2.45) is 0 Å². The number of amides is 1. The molecule has 1 aromatic heterocycles. The van der Waals surface area contributed by atoms with Crippen LogP contribution in [0.1, 0.15) is 63.0 Å². The molecule has 0 saturated carbocycles. The number of hydrogen-bond donors (Lipinski definition) is 1. The zero-order valence-electron chi connectivity index (χ0n) is 13.6. The number of nitrogens with one attached hydrogen (secondary N) is 1. The molecule has 1 aliphatic heterocycles. The third kappa shape index (κ3) is 3.84. The lowest BCUT2D eigenvalue weighted by Crippen LogP contribution is -2.32. The summed E-state index contributed by atoms with van der Waals surface area (Å²) in [6.45, 7) is 9.83. The lowest BCUT2D eigenvalue weighted by Gasteiger charge is -2.23. The third-order valence-corrected chi connectivity index (χ3v) is 3.75. The van der Waals surface area contributed by atoms with E-state index in [-0.39, 0.29) is 17.6 Å². The average molecular weight is 293 g/mol. The monoisotopic (exact) mass is 293 g/mol. The SMILES string of the molecule is CCCc1c(C(=O)NC[C@H]2CCCO2)cnn1C(C)(C)C. The Bertz CT molecular complexity index is 482. The van der Waals surface area contributed by atoms with Crippen molar-refractivity contribution in [2.75, 3.05) is 13.2 Å². The Balaban J connectivity index is 2.10. The van der Waals surface area contributed by atoms with E-state index in [1.54, 1.807) is 6.20 Å². The second-order valence-electron chi connectivity index (χ2n) is 6.68. The molecule has 5 nitrogen and oxygen atoms in total. The summed E-state index contributed by atoms with van der Waals surface area (Å²) in [4.78, 5) is 12.4. The van der Waals surface area contributed by atoms with Gasteiger partial charge in [0.25, 0.3) is 5.91 Å². The van der Waals surface area contributed by atoms with Gasteiger partial charge in [-0.1, -0.05) is 13.3 Å². The van der Waals surface area contributed by atoms with Crippen molar-refractivity contribution in [3.8, 4) is 0 Å². The minimum absolute atomic E-state index is 0.0375. The summed E-state index contributed by atoms with van der Waals surface area (Å²) < 4.78 is 7.51. The van der Waals surface area contributed by atoms with Crippen molar-refractivity contribution in [3.05, 3.63) is 17.5 Å². The number of ether oxygens (including phenoxy) is 1. The first-order valence-corrected chi connectivity index (χ1v) is 7.90. The predicted octanol–water partition coefficient (Wildman–Crippen LogP) is 2.50. The lowest BCUT2D eigenvalue weighted by molar-refractivity contribution is 0.0856. The van der Waals surface area contributed by atoms with Gasteiger partial charge >= 0.3 is 0 Å². The molecular weight excluding hydrogens is 266 g/mol. The van der Waals surface area contributed by atoms with Gasteiger partial charge in [-0.3, -0.25) is 9.48 Å². The fraction of sp³-hybridized carbons (Fsp3) is 0.750. The molecule has 0 spiro atoms. The van der Waals surface area contributed by atoms with Crippen LogP contribution in [0.15, 0.2) is 6.20 Å². The van der Waals surface area contributed by atoms with E-state index in [4.69, 9.17) is 4.74 Å². The Labute approximate surface area is 127 Å². The van der Waals surface area contributed by atoms with Gasteiger partial charge in [-0.2, -0.15) is 5.10 Å². The highest BCUT2D eigenvalue weighted by Crippen LogP contribution is 2.20. The number of carbonyl (C=O) groups excluding carboxylic acids is 1. The quantitative estimate of drug-likeness (QED) is 0.907. The molecule has 0 unspecified atom stereocenters. The smallest absolute Gasteiger partial charge is 0.254 e. The molecule has 21 heavy (non-hydrogen) atoms. The van der Waals surface area contributed by atoms with Crippen LogP contribution in [0.4, 0.5) is 0 Å². The van der Waals surface area contributed by atoms with Crippen molar-refractivity contribution in [1.82, 2.24) is 15.1 Å². The van der Waals surface area contributed by atoms with Crippen LogP contribution < -0.4 is 5.32 Å². The minimum atomic E-state index is -0.113. The van der Waals surface area contributed by atoms with E-state index in [1.807, 2.05) is 4.68 Å². The van der Waals surface area contributed by atoms with Gasteiger partial charge in [0.05, 0.1) is 29.1 Å². The molecule has 1 aromatic rings. The molecule has 1 atom stereocenters. The maximum absolute atomic E-state index is 12.4. The number of carbonyl (C=O) groups is 1. The summed E-state index contributed by atoms with van der Waals surface area (Å²) in [5.74, 6) is -0.0375. The van der Waals surface area contributed by atoms with Crippen molar-refractivity contribution < 1.29 is 9.53 Å². The van der Waals surface area contributed by atoms with Gasteiger partial charge in [-0.25, -0.2) is 0 Å². The maximum atomic E-state index is 12.4. The summed E-state index contributed by atoms with van der Waals surface area (Å²) in [6.07, 6.45) is 5.84. The number of rotatable bonds is 5. The Morgan fingerprint density at radius 2 is 2.29 bits per heavy atom. The fourth-order valence-electron chi connectivity index (χ4n) is 2.73. The van der Waals surface area contributed by atoms with Gasteiger partial charge in [0.1, 0.15) is 0 Å². The lowest BCUT2D eigenvalue weighted by atomic mass is 10.1. The summed E-state index contributed by atoms with van der Waals surface area (Å²) in [5.41, 5.74) is 1.61. The Morgan fingerprint density at radius 1 is 1.52 bits per heavy atom. The molecule has 2 rings (SSSR count). The van der Waals surface area contributed by atoms with Crippen LogP contribution >= 0.6 is 0 Å². The first kappa shape index (κ1) is 16.0. The van der Waals surface area contributed by atoms with Gasteiger partial charge in [0.15, 0.2) is 0 Å². The molecule has 2 heterocycles. The molecule has 1 aliphatic rings. The largest absolute Gasteiger partial charge is 0.376 e. The topological polar surface area (TPSA) is 56.1 Å². The third-order valence-electron chi connectivity index (χ3n) is 3.75. The van der Waals surface area contributed by atoms with Gasteiger partial charge in [-0.15, -0.1) is 0 Å². The van der Waals surface area contributed by atoms with Crippen LogP contribution in [-0.2, 0) is 16.7 Å². The Hall–Kier alpha value is -1.36. The van der Waals surface area contributed by atoms with Crippen LogP contribution in [-0.4, -0.2) is 34.9 Å². The van der Waals surface area contributed by atoms with Crippen molar-refractivity contribution in [1.29, 1.82) is 0 Å². The van der Waals surface area contributed by atoms with E-state index >= 15 is 0 Å². The second kappa shape index (κ2) is 6.60. The van der Waals surface area contributed by atoms with Gasteiger partial charge in [0, 0.05) is 13.2 Å². The molecule has 0 radical (unpaired) electrons. The van der Waals surface area contributed by atoms with Gasteiger partial charge < -0.3 is 10.1 Å². The first-order chi connectivity index (χ1) is 9.93. The molecule has 5 heteroatoms. The number of nitrogens with zero attached hydrogens (tertiary/aromatic N) is 2. The molecular formula is C16H27N3O2. The molecule has 0 aromatic carbocycles. The molecule has 1 saturated heterocycles. The normalized spacial score (nSPS) is 19.0. The van der Waals surface area contributed by atoms with E-state index in [9.17, 15) is 4.79 Å². The summed E-state index contributed by atoms with van der Waals surface area (Å²) >= 11 is 0. The highest BCUT2D eigenvalue weighted by atomic mass is 16.5. The second-order valence-corrected chi connectivity index (χ2v) is 6.68. The molecule has 0 aliphatic carbocycles. The summed E-state index contributed by atoms with van der Waals surface area (Å²) in [5, 5.41) is 7.42. The molecule has 1 N–H and O–H groups in total. The standard InChI is InChI=1S/C16H27N3O2/c1-5-7-14-13(11-18-19(14)16(2,3)4)15(20)17-10-12-8-6-9-21-12/h11-12H,5-10H2,1-4H3,(H,17,20)/t12-/m1/s1. The van der Waals surface area contributed by atoms with Gasteiger partial charge in [-0.05, 0) is 40.0 Å². The van der Waals surface area contributed by atoms with Crippen molar-refractivity contribution in [3.63, 3.8) is 0 Å². The average Bonchev–Trinajstić information content (AvgIpc) is 3.04. The van der Waals surface area contributed by atoms with E-state index in [0.29, 0.717) is 12.1 Å². The minimum Gasteiger partial charge on any atom is -0.376 e. The molecule has 0 bridgehead atoms. The highest BCUT2D eigenvalue weighted by molar-refractivity contribution is 5.95. The van der Waals surface area contributed by atoms with E-state index < -0.39 is 0 Å². The zero-order chi connectivity index (χ0) is 15.5. The molecule has 1 amide bonds. The van der Waals surface area contributed by atoms with Crippen LogP contribution in [0.2, 0.25) is 0 Å². The Morgan fingerprint density at radius 3 is 2.86 bits per heavy atom. The van der Waals surface area contributed by atoms with E-state index in [1.165, 1.54) is 0 Å². The molecule has 118 valence electrons. The van der Waals surface area contributed by atoms with Crippen molar-refractivity contribution in [2.45, 2.75) is 65.0 Å². The van der Waals surface area contributed by atoms with Crippen LogP contribution in [0, 0.1) is 0 Å². The van der Waals surface area contributed by atoms with Crippen LogP contribution in [0.5, 0.6) is 0 Å². The van der Waals surface area contributed by atoms with Crippen molar-refractivity contribution >= 4 is 5.91 Å². The zero-order valence-corrected chi connectivity index (χ0v) is 13.6. The molecule has 1 fully saturated rings. The highest BCUT2D eigenvalue weighted by Gasteiger charge is 2.24. The van der Waals surface area contributed by atoms with Crippen LogP contribution in [0.3, 0.4) is 0 Å². The fourth-order valence-corrected chi connectivity index (χ4v) is 2.73. The van der Waals surface area contributed by atoms with E-state index in [2.05, 4.69) is 38.1 Å². The summed E-state index contributed by atoms with van der Waals surface area (Å²) in [7, 11) is 0. The Kier molecular flexibility index (Phi) is 5.04. The number of aromatic nitrogens is 2. The van der Waals surface area contributed by atoms with E-state index in [0.717, 1.165) is 38.0 Å². The predicted molar refractivity (Wildman–Crippen MR) is 82.5 cm³/mol. The first-order valence-electron chi connectivity index (χ1n) is 7.90. The van der Waals surface area contributed by atoms with Crippen LogP contribution in [0.25, 0.3) is 0 Å². The maximum Gasteiger partial charge on any atom is 0.254 e.